The second kappa shape index (κ2) is 10.0. The topological polar surface area (TPSA) is 62.4 Å². The van der Waals surface area contributed by atoms with Gasteiger partial charge in [-0.25, -0.2) is 0 Å². The number of carbonyl (C=O) groups is 1. The Hall–Kier alpha value is -2.08. The van der Waals surface area contributed by atoms with Gasteiger partial charge in [-0.3, -0.25) is 4.79 Å². The van der Waals surface area contributed by atoms with Crippen LogP contribution in [0.25, 0.3) is 0 Å². The van der Waals surface area contributed by atoms with E-state index in [0.29, 0.717) is 23.9 Å². The number of methoxy groups -OCH3 is 1. The average molecular weight is 362 g/mol. The van der Waals surface area contributed by atoms with Crippen LogP contribution in [0, 0.1) is 0 Å². The first-order valence-electron chi connectivity index (χ1n) is 8.20. The Morgan fingerprint density at radius 1 is 1.20 bits per heavy atom. The van der Waals surface area contributed by atoms with Crippen molar-refractivity contribution in [3.63, 3.8) is 0 Å². The molecule has 25 heavy (non-hydrogen) atoms. The van der Waals surface area contributed by atoms with Gasteiger partial charge >= 0.3 is 0 Å². The summed E-state index contributed by atoms with van der Waals surface area (Å²) in [6.45, 7) is 3.50. The summed E-state index contributed by atoms with van der Waals surface area (Å²) in [6, 6.07) is 15.7. The normalized spacial score (nSPS) is 11.8. The molecule has 0 heterocycles. The lowest BCUT2D eigenvalue weighted by molar-refractivity contribution is -0.115. The molecule has 0 aliphatic carbocycles. The van der Waals surface area contributed by atoms with Gasteiger partial charge in [0.25, 0.3) is 0 Å². The van der Waals surface area contributed by atoms with Gasteiger partial charge in [0.1, 0.15) is 0 Å². The van der Waals surface area contributed by atoms with Gasteiger partial charge in [0.15, 0.2) is 0 Å². The quantitative estimate of drug-likeness (QED) is 0.596. The molecule has 2 aromatic carbocycles. The van der Waals surface area contributed by atoms with Crippen molar-refractivity contribution in [3.8, 4) is 0 Å². The monoisotopic (exact) mass is 361 g/mol. The summed E-state index contributed by atoms with van der Waals surface area (Å²) in [5.74, 6) is -0.120. The SMILES string of the molecule is COCCNCC(=O)Nc1ccc(NC(C)c2ccccc2)c(Cl)c1. The molecule has 2 rings (SSSR count). The number of hydrogen-bond acceptors (Lipinski definition) is 4. The van der Waals surface area contributed by atoms with Gasteiger partial charge in [0.05, 0.1) is 23.9 Å². The first-order chi connectivity index (χ1) is 12.1. The van der Waals surface area contributed by atoms with Crippen molar-refractivity contribution in [2.45, 2.75) is 13.0 Å². The Morgan fingerprint density at radius 3 is 2.64 bits per heavy atom. The first kappa shape index (κ1) is 19.2. The fourth-order valence-corrected chi connectivity index (χ4v) is 2.58. The van der Waals surface area contributed by atoms with Crippen LogP contribution in [0.5, 0.6) is 0 Å². The number of amides is 1. The standard InChI is InChI=1S/C19H24ClN3O2/c1-14(15-6-4-3-5-7-15)22-18-9-8-16(12-17(18)20)23-19(24)13-21-10-11-25-2/h3-9,12,14,21-22H,10-11,13H2,1-2H3,(H,23,24). The van der Waals surface area contributed by atoms with E-state index >= 15 is 0 Å². The molecule has 6 heteroatoms. The minimum absolute atomic E-state index is 0.120. The van der Waals surface area contributed by atoms with Crippen LogP contribution in [-0.2, 0) is 9.53 Å². The Labute approximate surface area is 153 Å². The molecule has 1 unspecified atom stereocenters. The predicted octanol–water partition coefficient (Wildman–Crippen LogP) is 3.69. The molecule has 3 N–H and O–H groups in total. The van der Waals surface area contributed by atoms with Crippen LogP contribution in [-0.4, -0.2) is 32.7 Å². The minimum atomic E-state index is -0.120. The van der Waals surface area contributed by atoms with E-state index in [-0.39, 0.29) is 18.5 Å². The van der Waals surface area contributed by atoms with Crippen molar-refractivity contribution in [1.82, 2.24) is 5.32 Å². The average Bonchev–Trinajstić information content (AvgIpc) is 2.62. The predicted molar refractivity (Wildman–Crippen MR) is 103 cm³/mol. The second-order valence-corrected chi connectivity index (χ2v) is 6.10. The third-order valence-corrected chi connectivity index (χ3v) is 4.01. The van der Waals surface area contributed by atoms with Gasteiger partial charge in [-0.15, -0.1) is 0 Å². The maximum Gasteiger partial charge on any atom is 0.238 e. The van der Waals surface area contributed by atoms with Crippen LogP contribution in [0.2, 0.25) is 5.02 Å². The fraction of sp³-hybridized carbons (Fsp3) is 0.316. The zero-order chi connectivity index (χ0) is 18.1. The Kier molecular flexibility index (Phi) is 7.73. The number of ether oxygens (including phenoxy) is 1. The number of rotatable bonds is 9. The van der Waals surface area contributed by atoms with Gasteiger partial charge in [0, 0.05) is 25.4 Å². The van der Waals surface area contributed by atoms with Gasteiger partial charge in [-0.1, -0.05) is 41.9 Å². The fourth-order valence-electron chi connectivity index (χ4n) is 2.35. The molecule has 0 radical (unpaired) electrons. The van der Waals surface area contributed by atoms with Gasteiger partial charge in [0.2, 0.25) is 5.91 Å². The Bertz CT molecular complexity index is 680. The zero-order valence-corrected chi connectivity index (χ0v) is 15.3. The maximum atomic E-state index is 11.9. The Morgan fingerprint density at radius 2 is 1.96 bits per heavy atom. The van der Waals surface area contributed by atoms with Crippen molar-refractivity contribution in [1.29, 1.82) is 0 Å². The number of nitrogens with one attached hydrogen (secondary N) is 3. The molecular formula is C19H24ClN3O2. The lowest BCUT2D eigenvalue weighted by Crippen LogP contribution is -2.30. The van der Waals surface area contributed by atoms with Crippen molar-refractivity contribution >= 4 is 28.9 Å². The highest BCUT2D eigenvalue weighted by Gasteiger charge is 2.09. The van der Waals surface area contributed by atoms with Crippen molar-refractivity contribution in [2.24, 2.45) is 0 Å². The minimum Gasteiger partial charge on any atom is -0.383 e. The number of halogens is 1. The summed E-state index contributed by atoms with van der Waals surface area (Å²) >= 11 is 6.34. The Balaban J connectivity index is 1.90. The number of benzene rings is 2. The van der Waals surface area contributed by atoms with Crippen LogP contribution in [0.15, 0.2) is 48.5 Å². The van der Waals surface area contributed by atoms with Gasteiger partial charge in [-0.05, 0) is 30.7 Å². The highest BCUT2D eigenvalue weighted by atomic mass is 35.5. The largest absolute Gasteiger partial charge is 0.383 e. The number of hydrogen-bond donors (Lipinski definition) is 3. The molecule has 0 aromatic heterocycles. The lowest BCUT2D eigenvalue weighted by Gasteiger charge is -2.17. The van der Waals surface area contributed by atoms with Crippen molar-refractivity contribution in [2.75, 3.05) is 37.4 Å². The summed E-state index contributed by atoms with van der Waals surface area (Å²) in [5, 5.41) is 9.76. The molecule has 0 bridgehead atoms. The summed E-state index contributed by atoms with van der Waals surface area (Å²) < 4.78 is 4.92. The highest BCUT2D eigenvalue weighted by molar-refractivity contribution is 6.33. The molecule has 0 aliphatic rings. The molecule has 134 valence electrons. The smallest absolute Gasteiger partial charge is 0.238 e. The van der Waals surface area contributed by atoms with Crippen LogP contribution in [0.3, 0.4) is 0 Å². The molecule has 0 spiro atoms. The highest BCUT2D eigenvalue weighted by Crippen LogP contribution is 2.28. The summed E-state index contributed by atoms with van der Waals surface area (Å²) in [6.07, 6.45) is 0. The maximum absolute atomic E-state index is 11.9. The van der Waals surface area contributed by atoms with Crippen LogP contribution >= 0.6 is 11.6 Å². The van der Waals surface area contributed by atoms with E-state index in [1.165, 1.54) is 5.56 Å². The van der Waals surface area contributed by atoms with E-state index in [2.05, 4.69) is 35.0 Å². The first-order valence-corrected chi connectivity index (χ1v) is 8.58. The van der Waals surface area contributed by atoms with E-state index in [9.17, 15) is 4.79 Å². The molecule has 5 nitrogen and oxygen atoms in total. The zero-order valence-electron chi connectivity index (χ0n) is 14.5. The van der Waals surface area contributed by atoms with E-state index in [0.717, 1.165) is 5.69 Å². The van der Waals surface area contributed by atoms with E-state index in [1.807, 2.05) is 30.3 Å². The molecular weight excluding hydrogens is 338 g/mol. The third-order valence-electron chi connectivity index (χ3n) is 3.69. The van der Waals surface area contributed by atoms with Crippen LogP contribution in [0.1, 0.15) is 18.5 Å². The van der Waals surface area contributed by atoms with E-state index in [1.54, 1.807) is 13.2 Å². The van der Waals surface area contributed by atoms with Gasteiger partial charge in [-0.2, -0.15) is 0 Å². The summed E-state index contributed by atoms with van der Waals surface area (Å²) in [4.78, 5) is 11.9. The van der Waals surface area contributed by atoms with Crippen LogP contribution < -0.4 is 16.0 Å². The molecule has 0 aliphatic heterocycles. The lowest BCUT2D eigenvalue weighted by atomic mass is 10.1. The summed E-state index contributed by atoms with van der Waals surface area (Å²) in [5.41, 5.74) is 2.67. The van der Waals surface area contributed by atoms with Crippen molar-refractivity contribution < 1.29 is 9.53 Å². The second-order valence-electron chi connectivity index (χ2n) is 5.69. The number of anilines is 2. The number of carbonyl (C=O) groups excluding carboxylic acids is 1. The molecule has 2 aromatic rings. The van der Waals surface area contributed by atoms with Crippen molar-refractivity contribution in [3.05, 3.63) is 59.1 Å². The molecule has 1 atom stereocenters. The van der Waals surface area contributed by atoms with E-state index in [4.69, 9.17) is 16.3 Å². The molecule has 1 amide bonds. The van der Waals surface area contributed by atoms with Crippen LogP contribution in [0.4, 0.5) is 11.4 Å². The molecule has 0 fully saturated rings. The molecule has 0 saturated carbocycles. The van der Waals surface area contributed by atoms with Gasteiger partial charge < -0.3 is 20.7 Å². The molecule has 0 saturated heterocycles. The summed E-state index contributed by atoms with van der Waals surface area (Å²) in [7, 11) is 1.62. The van der Waals surface area contributed by atoms with E-state index < -0.39 is 0 Å². The third kappa shape index (κ3) is 6.38.